The Morgan fingerprint density at radius 3 is 2.55 bits per heavy atom. The summed E-state index contributed by atoms with van der Waals surface area (Å²) >= 11 is 3.49. The number of carbonyl (C=O) groups excluding carboxylic acids is 2. The molecule has 5 nitrogen and oxygen atoms in total. The molecule has 7 heteroatoms. The maximum absolute atomic E-state index is 13.1. The first-order chi connectivity index (χ1) is 18.4. The molecule has 0 aliphatic carbocycles. The molecule has 0 radical (unpaired) electrons. The van der Waals surface area contributed by atoms with Crippen molar-refractivity contribution in [1.82, 2.24) is 9.88 Å². The van der Waals surface area contributed by atoms with E-state index in [0.29, 0.717) is 12.0 Å². The van der Waals surface area contributed by atoms with Gasteiger partial charge in [0.15, 0.2) is 5.78 Å². The minimum absolute atomic E-state index is 0.124. The quantitative estimate of drug-likeness (QED) is 0.158. The molecule has 0 saturated carbocycles. The molecule has 0 saturated heterocycles. The molecule has 1 amide bonds. The third-order valence-corrected chi connectivity index (χ3v) is 9.47. The summed E-state index contributed by atoms with van der Waals surface area (Å²) in [5, 5.41) is 5.09. The summed E-state index contributed by atoms with van der Waals surface area (Å²) in [7, 11) is 0. The van der Waals surface area contributed by atoms with Gasteiger partial charge in [0.25, 0.3) is 5.91 Å². The molecule has 1 aliphatic rings. The molecule has 0 fully saturated rings. The van der Waals surface area contributed by atoms with Crippen LogP contribution in [0.5, 0.6) is 0 Å². The highest BCUT2D eigenvalue weighted by Gasteiger charge is 2.26. The highest BCUT2D eigenvalue weighted by molar-refractivity contribution is 7.23. The van der Waals surface area contributed by atoms with Crippen LogP contribution in [0.2, 0.25) is 0 Å². The number of H-pyrrole nitrogens is 1. The highest BCUT2D eigenvalue weighted by atomic mass is 32.1. The van der Waals surface area contributed by atoms with Crippen molar-refractivity contribution in [1.29, 1.82) is 0 Å². The average molecular weight is 544 g/mol. The van der Waals surface area contributed by atoms with Crippen LogP contribution in [0.25, 0.3) is 31.8 Å². The maximum atomic E-state index is 13.1. The molecule has 38 heavy (non-hydrogen) atoms. The fourth-order valence-corrected chi connectivity index (χ4v) is 6.97. The third kappa shape index (κ3) is 5.19. The van der Waals surface area contributed by atoms with Crippen LogP contribution in [0.4, 0.5) is 5.69 Å². The molecule has 196 valence electrons. The van der Waals surface area contributed by atoms with Gasteiger partial charge in [-0.2, -0.15) is 0 Å². The van der Waals surface area contributed by atoms with Gasteiger partial charge < -0.3 is 15.2 Å². The van der Waals surface area contributed by atoms with Crippen LogP contribution in [-0.2, 0) is 4.79 Å². The van der Waals surface area contributed by atoms with Crippen molar-refractivity contribution in [3.63, 3.8) is 0 Å². The Bertz CT molecular complexity index is 1500. The summed E-state index contributed by atoms with van der Waals surface area (Å²) in [5.74, 6) is 0.0345. The van der Waals surface area contributed by atoms with Gasteiger partial charge in [-0.15, -0.1) is 22.7 Å². The number of benzene rings is 1. The molecule has 4 heterocycles. The summed E-state index contributed by atoms with van der Waals surface area (Å²) in [5.41, 5.74) is 6.72. The Kier molecular flexibility index (Phi) is 7.79. The van der Waals surface area contributed by atoms with Gasteiger partial charge in [0.05, 0.1) is 5.57 Å². The summed E-state index contributed by atoms with van der Waals surface area (Å²) in [6.07, 6.45) is 3.26. The lowest BCUT2D eigenvalue weighted by Gasteiger charge is -2.17. The van der Waals surface area contributed by atoms with Gasteiger partial charge in [-0.25, -0.2) is 0 Å². The van der Waals surface area contributed by atoms with Crippen LogP contribution in [0.15, 0.2) is 47.8 Å². The molecule has 2 N–H and O–H groups in total. The Balaban J connectivity index is 1.41. The van der Waals surface area contributed by atoms with E-state index in [1.54, 1.807) is 22.7 Å². The summed E-state index contributed by atoms with van der Waals surface area (Å²) < 4.78 is 0. The molecule has 0 bridgehead atoms. The van der Waals surface area contributed by atoms with Crippen molar-refractivity contribution >= 4 is 51.7 Å². The number of nitrogens with one attached hydrogen (secondary N) is 2. The van der Waals surface area contributed by atoms with E-state index in [-0.39, 0.29) is 11.7 Å². The van der Waals surface area contributed by atoms with Crippen LogP contribution in [0.3, 0.4) is 0 Å². The second-order valence-electron chi connectivity index (χ2n) is 9.63. The second-order valence-corrected chi connectivity index (χ2v) is 11.7. The van der Waals surface area contributed by atoms with Crippen LogP contribution < -0.4 is 5.32 Å². The first-order valence-corrected chi connectivity index (χ1v) is 14.9. The van der Waals surface area contributed by atoms with E-state index in [4.69, 9.17) is 0 Å². The second kappa shape index (κ2) is 11.2. The number of amides is 1. The molecular weight excluding hydrogens is 510 g/mol. The van der Waals surface area contributed by atoms with Gasteiger partial charge >= 0.3 is 0 Å². The summed E-state index contributed by atoms with van der Waals surface area (Å²) in [6.45, 7) is 11.1. The largest absolute Gasteiger partial charge is 0.358 e. The van der Waals surface area contributed by atoms with E-state index >= 15 is 0 Å². The lowest BCUT2D eigenvalue weighted by molar-refractivity contribution is -0.110. The Labute approximate surface area is 232 Å². The lowest BCUT2D eigenvalue weighted by atomic mass is 9.99. The van der Waals surface area contributed by atoms with Gasteiger partial charge in [0.1, 0.15) is 0 Å². The van der Waals surface area contributed by atoms with Crippen molar-refractivity contribution < 1.29 is 9.59 Å². The van der Waals surface area contributed by atoms with Crippen molar-refractivity contribution in [2.24, 2.45) is 0 Å². The number of hydrogen-bond donors (Lipinski definition) is 2. The van der Waals surface area contributed by atoms with Gasteiger partial charge in [-0.05, 0) is 92.8 Å². The number of aryl methyl sites for hydroxylation is 1. The third-order valence-electron chi connectivity index (χ3n) is 7.27. The molecule has 1 aliphatic heterocycles. The number of ketones is 1. The van der Waals surface area contributed by atoms with Crippen LogP contribution in [0.1, 0.15) is 59.6 Å². The molecule has 4 aromatic rings. The normalized spacial score (nSPS) is 13.9. The van der Waals surface area contributed by atoms with E-state index in [1.807, 2.05) is 26.0 Å². The van der Waals surface area contributed by atoms with E-state index in [1.165, 1.54) is 14.6 Å². The van der Waals surface area contributed by atoms with Crippen LogP contribution in [0, 0.1) is 13.8 Å². The number of nitrogens with zero attached hydrogens (tertiary/aromatic N) is 1. The van der Waals surface area contributed by atoms with Gasteiger partial charge in [0, 0.05) is 49.3 Å². The first-order valence-electron chi connectivity index (χ1n) is 13.2. The SMILES string of the molecule is CCN(CC)CCCC(=O)c1c(C)[nH]c(/C=C2\C(=O)Nc3ccc(-c4ccc(-c5cccs5)s4)cc32)c1C. The number of fused-ring (bicyclic) bond motifs is 1. The molecule has 3 aromatic heterocycles. The van der Waals surface area contributed by atoms with Gasteiger partial charge in [-0.3, -0.25) is 9.59 Å². The number of thiophene rings is 2. The minimum atomic E-state index is -0.124. The van der Waals surface area contributed by atoms with Crippen molar-refractivity contribution in [3.05, 3.63) is 75.9 Å². The topological polar surface area (TPSA) is 65.2 Å². The van der Waals surface area contributed by atoms with Crippen LogP contribution >= 0.6 is 22.7 Å². The smallest absolute Gasteiger partial charge is 0.256 e. The molecular formula is C31H33N3O2S2. The van der Waals surface area contributed by atoms with Crippen LogP contribution in [-0.4, -0.2) is 41.2 Å². The zero-order valence-corrected chi connectivity index (χ0v) is 23.9. The number of hydrogen-bond acceptors (Lipinski definition) is 5. The fraction of sp³-hybridized carbons (Fsp3) is 0.290. The van der Waals surface area contributed by atoms with E-state index in [2.05, 4.69) is 70.8 Å². The van der Waals surface area contributed by atoms with E-state index in [9.17, 15) is 9.59 Å². The van der Waals surface area contributed by atoms with Crippen molar-refractivity contribution in [2.45, 2.75) is 40.5 Å². The Hall–Kier alpha value is -3.26. The zero-order valence-electron chi connectivity index (χ0n) is 22.3. The molecule has 1 aromatic carbocycles. The van der Waals surface area contributed by atoms with Gasteiger partial charge in [0.2, 0.25) is 0 Å². The average Bonchev–Trinajstić information content (AvgIpc) is 3.70. The van der Waals surface area contributed by atoms with Gasteiger partial charge in [-0.1, -0.05) is 26.0 Å². The van der Waals surface area contributed by atoms with E-state index < -0.39 is 0 Å². The highest BCUT2D eigenvalue weighted by Crippen LogP contribution is 2.41. The monoisotopic (exact) mass is 543 g/mol. The summed E-state index contributed by atoms with van der Waals surface area (Å²) in [6, 6.07) is 14.6. The molecule has 0 atom stereocenters. The standard InChI is InChI=1S/C31H33N3O2S2/c1-5-34(6-2)15-7-9-26(35)30-19(3)25(32-20(30)4)18-23-22-17-21(11-12-24(22)33-31(23)36)27-13-14-29(38-27)28-10-8-16-37-28/h8,10-14,16-18,32H,5-7,9,15H2,1-4H3,(H,33,36)/b23-18-. The predicted molar refractivity (Wildman–Crippen MR) is 161 cm³/mol. The Morgan fingerprint density at radius 2 is 1.82 bits per heavy atom. The van der Waals surface area contributed by atoms with E-state index in [0.717, 1.165) is 65.4 Å². The zero-order chi connectivity index (χ0) is 26.8. The lowest BCUT2D eigenvalue weighted by Crippen LogP contribution is -2.24. The predicted octanol–water partition coefficient (Wildman–Crippen LogP) is 7.89. The van der Waals surface area contributed by atoms with Crippen molar-refractivity contribution in [3.8, 4) is 20.2 Å². The molecule has 0 unspecified atom stereocenters. The number of anilines is 1. The minimum Gasteiger partial charge on any atom is -0.358 e. The van der Waals surface area contributed by atoms with Crippen molar-refractivity contribution in [2.75, 3.05) is 25.0 Å². The Morgan fingerprint density at radius 1 is 1.03 bits per heavy atom. The number of carbonyl (C=O) groups is 2. The number of Topliss-reactive ketones (excluding diaryl/α,β-unsaturated/α-hetero) is 1. The molecule has 0 spiro atoms. The molecule has 5 rings (SSSR count). The first kappa shape index (κ1) is 26.4. The fourth-order valence-electron chi connectivity index (χ4n) is 5.14. The number of aromatic nitrogens is 1. The maximum Gasteiger partial charge on any atom is 0.256 e. The number of rotatable bonds is 10. The number of aromatic amines is 1. The summed E-state index contributed by atoms with van der Waals surface area (Å²) in [4.78, 5) is 35.5.